The molecule has 1 atom stereocenters. The number of hydrogen-bond donors (Lipinski definition) is 3. The van der Waals surface area contributed by atoms with E-state index in [1.54, 1.807) is 16.9 Å². The number of fused-ring (bicyclic) bond motifs is 1. The summed E-state index contributed by atoms with van der Waals surface area (Å²) in [5, 5.41) is 12.9. The van der Waals surface area contributed by atoms with Gasteiger partial charge in [-0.05, 0) is 24.1 Å². The van der Waals surface area contributed by atoms with Crippen molar-refractivity contribution in [3.05, 3.63) is 41.2 Å². The highest BCUT2D eigenvalue weighted by molar-refractivity contribution is 6.05. The van der Waals surface area contributed by atoms with E-state index in [4.69, 9.17) is 5.73 Å². The van der Waals surface area contributed by atoms with Gasteiger partial charge in [-0.1, -0.05) is 11.3 Å². The number of hydrogen-bond acceptors (Lipinski definition) is 6. The van der Waals surface area contributed by atoms with Crippen molar-refractivity contribution in [2.45, 2.75) is 31.8 Å². The van der Waals surface area contributed by atoms with Gasteiger partial charge in [0.2, 0.25) is 11.8 Å². The van der Waals surface area contributed by atoms with Gasteiger partial charge in [0.25, 0.3) is 5.91 Å². The molecule has 0 radical (unpaired) electrons. The van der Waals surface area contributed by atoms with Crippen LogP contribution in [0.1, 0.15) is 34.5 Å². The summed E-state index contributed by atoms with van der Waals surface area (Å²) in [4.78, 5) is 48.6. The lowest BCUT2D eigenvalue weighted by molar-refractivity contribution is -0.136. The van der Waals surface area contributed by atoms with Crippen LogP contribution in [0.15, 0.2) is 24.4 Å². The lowest BCUT2D eigenvalue weighted by Crippen LogP contribution is -2.52. The highest BCUT2D eigenvalue weighted by Crippen LogP contribution is 2.28. The van der Waals surface area contributed by atoms with Crippen LogP contribution in [0, 0.1) is 0 Å². The minimum atomic E-state index is -0.647. The van der Waals surface area contributed by atoms with E-state index in [9.17, 15) is 19.2 Å². The molecule has 5 amide bonds. The minimum Gasteiger partial charge on any atom is -0.352 e. The van der Waals surface area contributed by atoms with Crippen LogP contribution in [-0.2, 0) is 22.6 Å². The van der Waals surface area contributed by atoms with Crippen LogP contribution in [0.2, 0.25) is 0 Å². The second-order valence-electron chi connectivity index (χ2n) is 6.94. The van der Waals surface area contributed by atoms with Crippen molar-refractivity contribution in [2.75, 3.05) is 6.54 Å². The number of urea groups is 1. The van der Waals surface area contributed by atoms with Gasteiger partial charge in [-0.15, -0.1) is 5.10 Å². The van der Waals surface area contributed by atoms with Crippen LogP contribution in [0.25, 0.3) is 5.69 Å². The Hall–Kier alpha value is -3.76. The Morgan fingerprint density at radius 2 is 2.14 bits per heavy atom. The fourth-order valence-electron chi connectivity index (χ4n) is 3.54. The topological polar surface area (TPSA) is 152 Å². The maximum Gasteiger partial charge on any atom is 0.312 e. The number of aromatic nitrogens is 3. The van der Waals surface area contributed by atoms with Gasteiger partial charge in [0.05, 0.1) is 17.6 Å². The van der Waals surface area contributed by atoms with E-state index >= 15 is 0 Å². The molecule has 11 heteroatoms. The molecular formula is C18H19N7O4. The van der Waals surface area contributed by atoms with Crippen molar-refractivity contribution in [3.8, 4) is 5.69 Å². The lowest BCUT2D eigenvalue weighted by atomic mass is 10.0. The molecule has 11 nitrogen and oxygen atoms in total. The number of carbonyl (C=O) groups excluding carboxylic acids is 4. The molecule has 0 spiro atoms. The van der Waals surface area contributed by atoms with Crippen LogP contribution in [0.3, 0.4) is 0 Å². The SMILES string of the molecule is NC(=O)NCCc1cn(-c2ccc3c(c2)C(=O)N(C2CCC(=O)NC2=O)C3)nn1. The number of primary amides is 1. The number of nitrogens with two attached hydrogens (primary N) is 1. The number of rotatable bonds is 5. The van der Waals surface area contributed by atoms with Crippen molar-refractivity contribution in [1.82, 2.24) is 30.5 Å². The summed E-state index contributed by atoms with van der Waals surface area (Å²) in [6, 6.07) is 4.11. The van der Waals surface area contributed by atoms with E-state index in [1.807, 2.05) is 12.1 Å². The van der Waals surface area contributed by atoms with Gasteiger partial charge in [0, 0.05) is 31.5 Å². The van der Waals surface area contributed by atoms with Crippen LogP contribution in [0.5, 0.6) is 0 Å². The molecule has 1 fully saturated rings. The van der Waals surface area contributed by atoms with Gasteiger partial charge in [0.15, 0.2) is 0 Å². The average Bonchev–Trinajstić information content (AvgIpc) is 3.26. The first kappa shape index (κ1) is 18.6. The van der Waals surface area contributed by atoms with Crippen molar-refractivity contribution < 1.29 is 19.2 Å². The Morgan fingerprint density at radius 3 is 2.90 bits per heavy atom. The number of amides is 5. The third-order valence-corrected chi connectivity index (χ3v) is 5.00. The second-order valence-corrected chi connectivity index (χ2v) is 6.94. The molecule has 1 aromatic heterocycles. The number of piperidine rings is 1. The van der Waals surface area contributed by atoms with Crippen molar-refractivity contribution in [3.63, 3.8) is 0 Å². The van der Waals surface area contributed by atoms with E-state index in [0.29, 0.717) is 42.9 Å². The minimum absolute atomic E-state index is 0.216. The molecule has 1 unspecified atom stereocenters. The maximum atomic E-state index is 12.9. The zero-order chi connectivity index (χ0) is 20.5. The molecule has 1 saturated heterocycles. The summed E-state index contributed by atoms with van der Waals surface area (Å²) in [6.07, 6.45) is 2.72. The highest BCUT2D eigenvalue weighted by atomic mass is 16.2. The molecule has 2 aliphatic heterocycles. The summed E-state index contributed by atoms with van der Waals surface area (Å²) in [7, 11) is 0. The quantitative estimate of drug-likeness (QED) is 0.564. The Kier molecular flexibility index (Phi) is 4.71. The number of imide groups is 1. The molecule has 150 valence electrons. The molecule has 29 heavy (non-hydrogen) atoms. The van der Waals surface area contributed by atoms with Gasteiger partial charge < -0.3 is 16.0 Å². The Morgan fingerprint density at radius 1 is 1.31 bits per heavy atom. The van der Waals surface area contributed by atoms with Crippen LogP contribution in [-0.4, -0.2) is 56.2 Å². The number of benzene rings is 1. The van der Waals surface area contributed by atoms with Gasteiger partial charge in [-0.3, -0.25) is 19.7 Å². The molecule has 2 aromatic rings. The Labute approximate surface area is 165 Å². The average molecular weight is 397 g/mol. The van der Waals surface area contributed by atoms with Crippen molar-refractivity contribution in [2.24, 2.45) is 5.73 Å². The largest absolute Gasteiger partial charge is 0.352 e. The molecule has 3 heterocycles. The predicted octanol–water partition coefficient (Wildman–Crippen LogP) is -0.761. The van der Waals surface area contributed by atoms with Crippen LogP contribution in [0.4, 0.5) is 4.79 Å². The molecule has 0 aliphatic carbocycles. The molecule has 4 rings (SSSR count). The van der Waals surface area contributed by atoms with E-state index in [0.717, 1.165) is 5.56 Å². The number of nitrogens with zero attached hydrogens (tertiary/aromatic N) is 4. The van der Waals surface area contributed by atoms with Gasteiger partial charge >= 0.3 is 6.03 Å². The first-order chi connectivity index (χ1) is 13.9. The standard InChI is InChI=1S/C18H19N7O4/c19-18(29)20-6-5-11-9-25(23-22-11)12-2-1-10-8-24(17(28)13(10)7-12)14-3-4-15(26)21-16(14)27/h1-2,7,9,14H,3-6,8H2,(H3,19,20,29)(H,21,26,27). The molecule has 0 bridgehead atoms. The fourth-order valence-corrected chi connectivity index (χ4v) is 3.54. The third-order valence-electron chi connectivity index (χ3n) is 5.00. The zero-order valence-electron chi connectivity index (χ0n) is 15.4. The zero-order valence-corrected chi connectivity index (χ0v) is 15.4. The molecule has 1 aromatic carbocycles. The van der Waals surface area contributed by atoms with E-state index in [-0.39, 0.29) is 18.2 Å². The summed E-state index contributed by atoms with van der Waals surface area (Å²) in [6.45, 7) is 0.666. The Bertz CT molecular complexity index is 1020. The number of nitrogens with one attached hydrogen (secondary N) is 2. The van der Waals surface area contributed by atoms with Crippen LogP contribution >= 0.6 is 0 Å². The monoisotopic (exact) mass is 397 g/mol. The smallest absolute Gasteiger partial charge is 0.312 e. The summed E-state index contributed by atoms with van der Waals surface area (Å²) < 4.78 is 1.54. The molecule has 2 aliphatic rings. The van der Waals surface area contributed by atoms with Gasteiger partial charge in [0.1, 0.15) is 6.04 Å². The fraction of sp³-hybridized carbons (Fsp3) is 0.333. The first-order valence-electron chi connectivity index (χ1n) is 9.15. The van der Waals surface area contributed by atoms with E-state index in [1.165, 1.54) is 4.90 Å². The van der Waals surface area contributed by atoms with E-state index < -0.39 is 18.0 Å². The normalized spacial score (nSPS) is 18.6. The van der Waals surface area contributed by atoms with Crippen LogP contribution < -0.4 is 16.4 Å². The molecule has 0 saturated carbocycles. The Balaban J connectivity index is 1.50. The van der Waals surface area contributed by atoms with Crippen molar-refractivity contribution in [1.29, 1.82) is 0 Å². The second kappa shape index (κ2) is 7.34. The molecular weight excluding hydrogens is 378 g/mol. The third kappa shape index (κ3) is 3.66. The maximum absolute atomic E-state index is 12.9. The lowest BCUT2D eigenvalue weighted by Gasteiger charge is -2.29. The number of carbonyl (C=O) groups is 4. The summed E-state index contributed by atoms with van der Waals surface area (Å²) in [5.41, 5.74) is 7.66. The summed E-state index contributed by atoms with van der Waals surface area (Å²) in [5.74, 6) is -0.999. The highest BCUT2D eigenvalue weighted by Gasteiger charge is 2.39. The van der Waals surface area contributed by atoms with Crippen molar-refractivity contribution >= 4 is 23.8 Å². The van der Waals surface area contributed by atoms with E-state index in [2.05, 4.69) is 20.9 Å². The van der Waals surface area contributed by atoms with Gasteiger partial charge in [-0.2, -0.15) is 0 Å². The first-order valence-corrected chi connectivity index (χ1v) is 9.15. The predicted molar refractivity (Wildman–Crippen MR) is 98.7 cm³/mol. The van der Waals surface area contributed by atoms with Gasteiger partial charge in [-0.25, -0.2) is 9.48 Å². The molecule has 4 N–H and O–H groups in total. The summed E-state index contributed by atoms with van der Waals surface area (Å²) >= 11 is 0.